The number of nitrogens with zero attached hydrogens (tertiary/aromatic N) is 3. The molecule has 36 heavy (non-hydrogen) atoms. The molecule has 8 nitrogen and oxygen atoms in total. The van der Waals surface area contributed by atoms with Crippen molar-refractivity contribution < 1.29 is 19.1 Å². The fourth-order valence-corrected chi connectivity index (χ4v) is 6.33. The zero-order valence-electron chi connectivity index (χ0n) is 20.7. The fraction of sp³-hybridized carbons (Fsp3) is 0.519. The minimum absolute atomic E-state index is 0.0938. The monoisotopic (exact) mass is 496 g/mol. The third kappa shape index (κ3) is 4.24. The first kappa shape index (κ1) is 24.6. The van der Waals surface area contributed by atoms with E-state index in [-0.39, 0.29) is 48.3 Å². The van der Waals surface area contributed by atoms with Crippen LogP contribution in [0, 0.1) is 17.7 Å². The van der Waals surface area contributed by atoms with E-state index >= 15 is 0 Å². The van der Waals surface area contributed by atoms with Crippen LogP contribution in [-0.4, -0.2) is 70.6 Å². The van der Waals surface area contributed by atoms with Crippen LogP contribution in [0.2, 0.25) is 0 Å². The number of amides is 2. The van der Waals surface area contributed by atoms with Crippen LogP contribution in [0.15, 0.2) is 41.2 Å². The summed E-state index contributed by atoms with van der Waals surface area (Å²) in [6.45, 7) is 0.160. The molecule has 4 atom stereocenters. The molecule has 2 N–H and O–H groups in total. The molecular weight excluding hydrogens is 463 g/mol. The lowest BCUT2D eigenvalue weighted by molar-refractivity contribution is -0.142. The summed E-state index contributed by atoms with van der Waals surface area (Å²) in [6, 6.07) is 8.13. The lowest BCUT2D eigenvalue weighted by atomic mass is 9.88. The highest BCUT2D eigenvalue weighted by Gasteiger charge is 2.57. The number of halogens is 1. The highest BCUT2D eigenvalue weighted by molar-refractivity contribution is 5.90. The number of hydrogen-bond acceptors (Lipinski definition) is 5. The number of carbonyl (C=O) groups excluding carboxylic acids is 2. The lowest BCUT2D eigenvalue weighted by Gasteiger charge is -2.32. The zero-order valence-corrected chi connectivity index (χ0v) is 20.7. The third-order valence-electron chi connectivity index (χ3n) is 7.94. The average molecular weight is 497 g/mol. The summed E-state index contributed by atoms with van der Waals surface area (Å²) in [5.41, 5.74) is 1.50. The number of hydrogen-bond donors (Lipinski definition) is 2. The molecule has 2 amide bonds. The maximum atomic E-state index is 13.5. The molecule has 1 aromatic carbocycles. The Labute approximate surface area is 209 Å². The molecule has 192 valence electrons. The van der Waals surface area contributed by atoms with E-state index in [0.717, 1.165) is 25.7 Å². The van der Waals surface area contributed by atoms with Gasteiger partial charge in [-0.05, 0) is 56.8 Å². The lowest BCUT2D eigenvalue weighted by Crippen LogP contribution is -2.53. The van der Waals surface area contributed by atoms with Crippen molar-refractivity contribution >= 4 is 11.8 Å². The number of pyridine rings is 1. The van der Waals surface area contributed by atoms with Gasteiger partial charge in [-0.25, -0.2) is 4.39 Å². The van der Waals surface area contributed by atoms with E-state index in [4.69, 9.17) is 0 Å². The summed E-state index contributed by atoms with van der Waals surface area (Å²) in [6.07, 6.45) is 3.98. The van der Waals surface area contributed by atoms with Crippen molar-refractivity contribution in [3.8, 4) is 11.1 Å². The van der Waals surface area contributed by atoms with E-state index in [0.29, 0.717) is 23.4 Å². The molecule has 5 rings (SSSR count). The van der Waals surface area contributed by atoms with Crippen molar-refractivity contribution in [3.05, 3.63) is 58.3 Å². The SMILES string of the molecule is CN(C)CC(=O)N1[C@@H]2c3ccc(-c4ccc(F)cc4)c(=O)n3C[C@@H]2[C@@H](CO)[C@@H]1C(=O)NC1CCCC1. The molecule has 2 aliphatic heterocycles. The van der Waals surface area contributed by atoms with Gasteiger partial charge in [-0.15, -0.1) is 0 Å². The van der Waals surface area contributed by atoms with Gasteiger partial charge in [0.05, 0.1) is 12.6 Å². The van der Waals surface area contributed by atoms with Crippen molar-refractivity contribution in [3.63, 3.8) is 0 Å². The fourth-order valence-electron chi connectivity index (χ4n) is 6.33. The van der Waals surface area contributed by atoms with Gasteiger partial charge in [-0.3, -0.25) is 14.4 Å². The largest absolute Gasteiger partial charge is 0.396 e. The second kappa shape index (κ2) is 9.78. The van der Waals surface area contributed by atoms with Crippen LogP contribution in [-0.2, 0) is 16.1 Å². The summed E-state index contributed by atoms with van der Waals surface area (Å²) in [7, 11) is 3.59. The highest BCUT2D eigenvalue weighted by atomic mass is 19.1. The molecule has 1 aromatic heterocycles. The number of benzene rings is 1. The number of carbonyl (C=O) groups is 2. The smallest absolute Gasteiger partial charge is 0.258 e. The molecule has 1 aliphatic carbocycles. The average Bonchev–Trinajstić information content (AvgIpc) is 3.54. The van der Waals surface area contributed by atoms with Gasteiger partial charge in [-0.1, -0.05) is 25.0 Å². The van der Waals surface area contributed by atoms with Crippen molar-refractivity contribution in [2.75, 3.05) is 27.2 Å². The molecule has 0 unspecified atom stereocenters. The minimum Gasteiger partial charge on any atom is -0.396 e. The van der Waals surface area contributed by atoms with Crippen molar-refractivity contribution in [2.45, 2.75) is 50.4 Å². The summed E-state index contributed by atoms with van der Waals surface area (Å²) in [4.78, 5) is 43.9. The number of aliphatic hydroxyl groups excluding tert-OH is 1. The molecule has 0 radical (unpaired) electrons. The number of nitrogens with one attached hydrogen (secondary N) is 1. The van der Waals surface area contributed by atoms with Crippen LogP contribution in [0.4, 0.5) is 4.39 Å². The Balaban J connectivity index is 1.54. The molecule has 3 aliphatic rings. The Bertz CT molecular complexity index is 1210. The van der Waals surface area contributed by atoms with Crippen molar-refractivity contribution in [2.24, 2.45) is 11.8 Å². The van der Waals surface area contributed by atoms with E-state index in [1.54, 1.807) is 46.7 Å². The highest BCUT2D eigenvalue weighted by Crippen LogP contribution is 2.49. The Morgan fingerprint density at radius 1 is 1.11 bits per heavy atom. The molecule has 2 fully saturated rings. The Morgan fingerprint density at radius 2 is 1.81 bits per heavy atom. The van der Waals surface area contributed by atoms with Gasteiger partial charge in [0.15, 0.2) is 0 Å². The summed E-state index contributed by atoms with van der Waals surface area (Å²) in [5.74, 6) is -1.56. The van der Waals surface area contributed by atoms with E-state index in [2.05, 4.69) is 5.32 Å². The normalized spacial score (nSPS) is 25.3. The molecule has 2 aromatic rings. The van der Waals surface area contributed by atoms with Crippen molar-refractivity contribution in [1.82, 2.24) is 19.7 Å². The zero-order chi connectivity index (χ0) is 25.6. The molecule has 1 saturated carbocycles. The quantitative estimate of drug-likeness (QED) is 0.636. The van der Waals surface area contributed by atoms with E-state index in [1.165, 1.54) is 12.1 Å². The van der Waals surface area contributed by atoms with Gasteiger partial charge in [0, 0.05) is 42.3 Å². The number of likely N-dealkylation sites (N-methyl/N-ethyl adjacent to an activating group) is 1. The first-order valence-corrected chi connectivity index (χ1v) is 12.7. The number of rotatable bonds is 6. The second-order valence-electron chi connectivity index (χ2n) is 10.5. The Kier molecular flexibility index (Phi) is 6.70. The van der Waals surface area contributed by atoms with Crippen molar-refractivity contribution in [1.29, 1.82) is 0 Å². The van der Waals surface area contributed by atoms with Crippen LogP contribution >= 0.6 is 0 Å². The summed E-state index contributed by atoms with van der Waals surface area (Å²) >= 11 is 0. The number of aliphatic hydroxyl groups is 1. The third-order valence-corrected chi connectivity index (χ3v) is 7.94. The van der Waals surface area contributed by atoms with Gasteiger partial charge in [0.25, 0.3) is 5.56 Å². The molecule has 0 bridgehead atoms. The van der Waals surface area contributed by atoms with E-state index < -0.39 is 18.0 Å². The number of likely N-dealkylation sites (tertiary alicyclic amines) is 1. The van der Waals surface area contributed by atoms with Gasteiger partial charge in [0.2, 0.25) is 11.8 Å². The van der Waals surface area contributed by atoms with E-state index in [9.17, 15) is 23.9 Å². The molecule has 3 heterocycles. The maximum absolute atomic E-state index is 13.5. The van der Waals surface area contributed by atoms with Crippen LogP contribution in [0.1, 0.15) is 37.4 Å². The maximum Gasteiger partial charge on any atom is 0.258 e. The summed E-state index contributed by atoms with van der Waals surface area (Å²) in [5, 5.41) is 13.6. The summed E-state index contributed by atoms with van der Waals surface area (Å²) < 4.78 is 15.1. The topological polar surface area (TPSA) is 94.9 Å². The molecular formula is C27H33FN4O4. The van der Waals surface area contributed by atoms with Gasteiger partial charge in [-0.2, -0.15) is 0 Å². The van der Waals surface area contributed by atoms with Crippen LogP contribution in [0.5, 0.6) is 0 Å². The Hall–Kier alpha value is -3.04. The first-order valence-electron chi connectivity index (χ1n) is 12.7. The second-order valence-corrected chi connectivity index (χ2v) is 10.5. The predicted octanol–water partition coefficient (Wildman–Crippen LogP) is 1.76. The van der Waals surface area contributed by atoms with Gasteiger partial charge >= 0.3 is 0 Å². The van der Waals surface area contributed by atoms with Crippen LogP contribution < -0.4 is 10.9 Å². The Morgan fingerprint density at radius 3 is 2.44 bits per heavy atom. The van der Waals surface area contributed by atoms with Gasteiger partial charge < -0.3 is 24.8 Å². The number of aromatic nitrogens is 1. The van der Waals surface area contributed by atoms with Gasteiger partial charge in [0.1, 0.15) is 11.9 Å². The van der Waals surface area contributed by atoms with E-state index in [1.807, 2.05) is 6.07 Å². The molecule has 0 spiro atoms. The molecule has 9 heteroatoms. The first-order chi connectivity index (χ1) is 17.3. The minimum atomic E-state index is -0.793. The van der Waals surface area contributed by atoms with Crippen LogP contribution in [0.3, 0.4) is 0 Å². The predicted molar refractivity (Wildman–Crippen MR) is 132 cm³/mol. The van der Waals surface area contributed by atoms with Crippen LogP contribution in [0.25, 0.3) is 11.1 Å². The number of fused-ring (bicyclic) bond motifs is 3. The standard InChI is InChI=1S/C27H33FN4O4/c1-30(2)14-23(34)32-24-20(21(15-33)25(32)26(35)29-18-5-3-4-6-18)13-31-22(24)12-11-19(27(31)36)16-7-9-17(28)10-8-16/h7-12,18,20-21,24-25,33H,3-6,13-15H2,1-2H3,(H,29,35)/t20-,21-,24+,25-/m1/s1. The molecule has 1 saturated heterocycles.